The zero-order chi connectivity index (χ0) is 36.1. The molecule has 2 aliphatic heterocycles. The summed E-state index contributed by atoms with van der Waals surface area (Å²) in [5.41, 5.74) is 0. The fourth-order valence-electron chi connectivity index (χ4n) is 7.59. The molecule has 0 radical (unpaired) electrons. The number of ether oxygens (including phenoxy) is 4. The first-order valence-electron chi connectivity index (χ1n) is 21.6. The summed E-state index contributed by atoms with van der Waals surface area (Å²) in [5, 5.41) is 0. The standard InChI is InChI=1S/C45H83NO4/c1-7-9-11-13-15-16-17-18-19-20-21-22-23-25-29-33-37-45(49-42-41(39-46(4)5)48-44(47-6)43(42)50-45)38-34-30-26-24-28-32-36-40(3)35-31-27-14-12-10-8-2/h15-16,18-19,27,31,40-44H,7-14,17,20-26,28-30,32-39H2,1-6H3/b16-15-,19-18-,31-27-. The van der Waals surface area contributed by atoms with Crippen LogP contribution in [0.15, 0.2) is 36.5 Å². The Kier molecular flexibility index (Phi) is 26.6. The Balaban J connectivity index is 1.68. The van der Waals surface area contributed by atoms with Crippen molar-refractivity contribution in [3.63, 3.8) is 0 Å². The second kappa shape index (κ2) is 29.5. The molecule has 50 heavy (non-hydrogen) atoms. The SMILES string of the molecule is CCCCC/C=C\C/C=C\CCCCCCCCC1(CCCCCCCCC(C)C/C=C\CCCCC)OC2C(CN(C)C)OC(OC)C2O1. The molecule has 0 aliphatic carbocycles. The average molecular weight is 702 g/mol. The van der Waals surface area contributed by atoms with E-state index in [-0.39, 0.29) is 24.6 Å². The van der Waals surface area contributed by atoms with E-state index in [1.807, 2.05) is 0 Å². The van der Waals surface area contributed by atoms with Gasteiger partial charge in [0.05, 0.1) is 0 Å². The van der Waals surface area contributed by atoms with Gasteiger partial charge in [-0.2, -0.15) is 0 Å². The molecule has 0 bridgehead atoms. The van der Waals surface area contributed by atoms with Gasteiger partial charge in [0.15, 0.2) is 12.1 Å². The summed E-state index contributed by atoms with van der Waals surface area (Å²) in [6, 6.07) is 0. The van der Waals surface area contributed by atoms with Crippen molar-refractivity contribution in [2.75, 3.05) is 27.7 Å². The van der Waals surface area contributed by atoms with Gasteiger partial charge in [-0.3, -0.25) is 0 Å². The van der Waals surface area contributed by atoms with E-state index in [0.717, 1.165) is 44.6 Å². The Morgan fingerprint density at radius 1 is 0.620 bits per heavy atom. The van der Waals surface area contributed by atoms with Crippen molar-refractivity contribution in [1.82, 2.24) is 4.90 Å². The summed E-state index contributed by atoms with van der Waals surface area (Å²) >= 11 is 0. The summed E-state index contributed by atoms with van der Waals surface area (Å²) in [5.74, 6) is 0.319. The van der Waals surface area contributed by atoms with Gasteiger partial charge in [-0.25, -0.2) is 0 Å². The van der Waals surface area contributed by atoms with Crippen molar-refractivity contribution < 1.29 is 18.9 Å². The van der Waals surface area contributed by atoms with Crippen LogP contribution in [0.4, 0.5) is 0 Å². The minimum atomic E-state index is -0.491. The highest BCUT2D eigenvalue weighted by molar-refractivity contribution is 4.98. The van der Waals surface area contributed by atoms with Crippen LogP contribution in [0, 0.1) is 5.92 Å². The molecule has 2 fully saturated rings. The summed E-state index contributed by atoms with van der Waals surface area (Å²) < 4.78 is 25.7. The topological polar surface area (TPSA) is 40.2 Å². The van der Waals surface area contributed by atoms with Gasteiger partial charge in [0, 0.05) is 26.5 Å². The first kappa shape index (κ1) is 45.2. The van der Waals surface area contributed by atoms with Crippen LogP contribution < -0.4 is 0 Å². The maximum atomic E-state index is 6.90. The molecule has 5 heteroatoms. The zero-order valence-electron chi connectivity index (χ0n) is 34.0. The lowest BCUT2D eigenvalue weighted by Crippen LogP contribution is -2.39. The van der Waals surface area contributed by atoms with E-state index in [0.29, 0.717) is 0 Å². The van der Waals surface area contributed by atoms with Crippen LogP contribution in [0.1, 0.15) is 188 Å². The van der Waals surface area contributed by atoms with E-state index < -0.39 is 5.79 Å². The lowest BCUT2D eigenvalue weighted by molar-refractivity contribution is -0.248. The molecule has 0 N–H and O–H groups in total. The molecule has 0 spiro atoms. The lowest BCUT2D eigenvalue weighted by atomic mass is 9.97. The number of unbranched alkanes of at least 4 members (excludes halogenated alkanes) is 17. The molecular formula is C45H83NO4. The van der Waals surface area contributed by atoms with Gasteiger partial charge in [-0.15, -0.1) is 0 Å². The van der Waals surface area contributed by atoms with Gasteiger partial charge in [-0.1, -0.05) is 147 Å². The lowest BCUT2D eigenvalue weighted by Gasteiger charge is -2.32. The van der Waals surface area contributed by atoms with E-state index in [1.165, 1.54) is 135 Å². The fourth-order valence-corrected chi connectivity index (χ4v) is 7.59. The van der Waals surface area contributed by atoms with E-state index >= 15 is 0 Å². The van der Waals surface area contributed by atoms with Crippen molar-refractivity contribution in [1.29, 1.82) is 0 Å². The maximum absolute atomic E-state index is 6.90. The highest BCUT2D eigenvalue weighted by atomic mass is 16.8. The quantitative estimate of drug-likeness (QED) is 0.0503. The molecule has 6 atom stereocenters. The molecule has 2 saturated heterocycles. The van der Waals surface area contributed by atoms with Crippen LogP contribution in [0.5, 0.6) is 0 Å². The summed E-state index contributed by atoms with van der Waals surface area (Å²) in [7, 11) is 5.93. The highest BCUT2D eigenvalue weighted by Crippen LogP contribution is 2.44. The second-order valence-electron chi connectivity index (χ2n) is 15.9. The van der Waals surface area contributed by atoms with E-state index in [9.17, 15) is 0 Å². The molecule has 0 aromatic carbocycles. The number of nitrogens with zero attached hydrogens (tertiary/aromatic N) is 1. The largest absolute Gasteiger partial charge is 0.353 e. The van der Waals surface area contributed by atoms with Gasteiger partial charge in [0.25, 0.3) is 0 Å². The third-order valence-electron chi connectivity index (χ3n) is 10.7. The number of allylic oxidation sites excluding steroid dienone is 6. The normalized spacial score (nSPS) is 24.5. The van der Waals surface area contributed by atoms with Crippen LogP contribution in [0.25, 0.3) is 0 Å². The summed E-state index contributed by atoms with van der Waals surface area (Å²) in [4.78, 5) is 2.18. The Morgan fingerprint density at radius 2 is 1.12 bits per heavy atom. The van der Waals surface area contributed by atoms with Gasteiger partial charge in [0.1, 0.15) is 18.3 Å². The molecule has 292 valence electrons. The van der Waals surface area contributed by atoms with Gasteiger partial charge >= 0.3 is 0 Å². The third-order valence-corrected chi connectivity index (χ3v) is 10.7. The van der Waals surface area contributed by atoms with Crippen molar-refractivity contribution in [3.8, 4) is 0 Å². The number of hydrogen-bond acceptors (Lipinski definition) is 5. The fraction of sp³-hybridized carbons (Fsp3) is 0.867. The first-order valence-corrected chi connectivity index (χ1v) is 21.6. The second-order valence-corrected chi connectivity index (χ2v) is 15.9. The molecular weight excluding hydrogens is 618 g/mol. The average Bonchev–Trinajstić information content (AvgIpc) is 3.62. The highest BCUT2D eigenvalue weighted by Gasteiger charge is 2.58. The minimum Gasteiger partial charge on any atom is -0.353 e. The monoisotopic (exact) mass is 702 g/mol. The van der Waals surface area contributed by atoms with Crippen LogP contribution in [-0.4, -0.2) is 63.0 Å². The van der Waals surface area contributed by atoms with Gasteiger partial charge < -0.3 is 23.8 Å². The molecule has 0 aromatic heterocycles. The predicted molar refractivity (Wildman–Crippen MR) is 215 cm³/mol. The number of hydrogen-bond donors (Lipinski definition) is 0. The van der Waals surface area contributed by atoms with Gasteiger partial charge in [0.2, 0.25) is 0 Å². The number of likely N-dealkylation sites (N-methyl/N-ethyl adjacent to an activating group) is 1. The first-order chi connectivity index (χ1) is 24.4. The van der Waals surface area contributed by atoms with E-state index in [4.69, 9.17) is 18.9 Å². The van der Waals surface area contributed by atoms with Crippen molar-refractivity contribution in [3.05, 3.63) is 36.5 Å². The number of fused-ring (bicyclic) bond motifs is 1. The molecule has 5 nitrogen and oxygen atoms in total. The zero-order valence-corrected chi connectivity index (χ0v) is 34.0. The minimum absolute atomic E-state index is 0.0170. The summed E-state index contributed by atoms with van der Waals surface area (Å²) in [6.45, 7) is 7.78. The van der Waals surface area contributed by atoms with Crippen molar-refractivity contribution in [2.45, 2.75) is 218 Å². The number of methoxy groups -OCH3 is 1. The van der Waals surface area contributed by atoms with Crippen molar-refractivity contribution >= 4 is 0 Å². The predicted octanol–water partition coefficient (Wildman–Crippen LogP) is 12.9. The van der Waals surface area contributed by atoms with Gasteiger partial charge in [-0.05, 0) is 84.2 Å². The molecule has 2 rings (SSSR count). The Bertz CT molecular complexity index is 871. The van der Waals surface area contributed by atoms with Crippen LogP contribution in [0.2, 0.25) is 0 Å². The third kappa shape index (κ3) is 20.3. The Morgan fingerprint density at radius 3 is 1.68 bits per heavy atom. The molecule has 0 saturated carbocycles. The number of rotatable bonds is 33. The van der Waals surface area contributed by atoms with Crippen LogP contribution >= 0.6 is 0 Å². The Hall–Kier alpha value is -0.980. The molecule has 2 heterocycles. The van der Waals surface area contributed by atoms with Crippen molar-refractivity contribution in [2.24, 2.45) is 5.92 Å². The van der Waals surface area contributed by atoms with E-state index in [1.54, 1.807) is 7.11 Å². The Labute approximate surface area is 311 Å². The molecule has 2 aliphatic rings. The van der Waals surface area contributed by atoms with Crippen LogP contribution in [-0.2, 0) is 18.9 Å². The molecule has 0 amide bonds. The maximum Gasteiger partial charge on any atom is 0.186 e. The molecule has 6 unspecified atom stereocenters. The smallest absolute Gasteiger partial charge is 0.186 e. The summed E-state index contributed by atoms with van der Waals surface area (Å²) in [6.07, 6.45) is 46.5. The van der Waals surface area contributed by atoms with E-state index in [2.05, 4.69) is 76.2 Å². The molecule has 0 aromatic rings. The van der Waals surface area contributed by atoms with Crippen LogP contribution in [0.3, 0.4) is 0 Å².